The summed E-state index contributed by atoms with van der Waals surface area (Å²) in [5, 5.41) is 12.4. The first kappa shape index (κ1) is 16.5. The Morgan fingerprint density at radius 3 is 2.83 bits per heavy atom. The number of nitrogens with one attached hydrogen (secondary N) is 1. The second kappa shape index (κ2) is 7.50. The van der Waals surface area contributed by atoms with Crippen LogP contribution in [0.25, 0.3) is 0 Å². The summed E-state index contributed by atoms with van der Waals surface area (Å²) in [7, 11) is 0. The molecule has 1 N–H and O–H groups in total. The molecule has 0 unspecified atom stereocenters. The van der Waals surface area contributed by atoms with Gasteiger partial charge in [0.25, 0.3) is 0 Å². The van der Waals surface area contributed by atoms with E-state index in [0.717, 1.165) is 12.8 Å². The van der Waals surface area contributed by atoms with Gasteiger partial charge >= 0.3 is 0 Å². The zero-order chi connectivity index (χ0) is 16.9. The lowest BCUT2D eigenvalue weighted by Gasteiger charge is -2.07. The van der Waals surface area contributed by atoms with Gasteiger partial charge in [-0.25, -0.2) is 4.98 Å². The number of rotatable bonds is 8. The number of nitriles is 1. The van der Waals surface area contributed by atoms with Gasteiger partial charge in [0.2, 0.25) is 17.5 Å². The maximum Gasteiger partial charge on any atom is 0.232 e. The van der Waals surface area contributed by atoms with Gasteiger partial charge in [0.15, 0.2) is 0 Å². The molecule has 1 saturated carbocycles. The van der Waals surface area contributed by atoms with E-state index in [1.54, 1.807) is 0 Å². The van der Waals surface area contributed by atoms with Gasteiger partial charge in [0, 0.05) is 19.1 Å². The Balaban J connectivity index is 1.57. The molecule has 1 aliphatic rings. The minimum Gasteiger partial charge on any atom is -0.424 e. The van der Waals surface area contributed by atoms with Crippen LogP contribution in [0, 0.1) is 11.3 Å². The van der Waals surface area contributed by atoms with E-state index in [-0.39, 0.29) is 12.0 Å². The van der Waals surface area contributed by atoms with Crippen molar-refractivity contribution in [2.24, 2.45) is 0 Å². The number of nitrogens with zero attached hydrogens (tertiary/aromatic N) is 2. The fourth-order valence-corrected chi connectivity index (χ4v) is 2.82. The topological polar surface area (TPSA) is 71.1 Å². The molecule has 5 heteroatoms. The van der Waals surface area contributed by atoms with Gasteiger partial charge in [0.1, 0.15) is 6.07 Å². The number of anilines is 1. The summed E-state index contributed by atoms with van der Waals surface area (Å²) in [6, 6.07) is 12.5. The van der Waals surface area contributed by atoms with Crippen molar-refractivity contribution in [3.63, 3.8) is 0 Å². The molecule has 0 bridgehead atoms. The number of ether oxygens (including phenoxy) is 1. The molecule has 0 spiro atoms. The maximum absolute atomic E-state index is 9.26. The first-order chi connectivity index (χ1) is 11.7. The third kappa shape index (κ3) is 3.95. The lowest BCUT2D eigenvalue weighted by atomic mass is 10.1. The zero-order valence-corrected chi connectivity index (χ0v) is 14.2. The number of hydrogen-bond donors (Lipinski definition) is 1. The molecular formula is C19H23N3O2. The van der Waals surface area contributed by atoms with Crippen molar-refractivity contribution < 1.29 is 9.15 Å². The molecule has 3 rings (SSSR count). The Kier molecular flexibility index (Phi) is 5.17. The predicted molar refractivity (Wildman–Crippen MR) is 92.0 cm³/mol. The lowest BCUT2D eigenvalue weighted by Crippen LogP contribution is -2.09. The number of hydrogen-bond acceptors (Lipinski definition) is 5. The van der Waals surface area contributed by atoms with Crippen molar-refractivity contribution >= 4 is 5.88 Å². The van der Waals surface area contributed by atoms with E-state index in [0.29, 0.717) is 36.5 Å². The standard InChI is InChI=1S/C19H23N3O2/c1-13(2)23-10-6-9-21-19-17(12-20)22-18(24-19)16-11-15(16)14-7-4-3-5-8-14/h3-5,7-8,13,15-16,21H,6,9-11H2,1-2H3/t15-,16-/m1/s1. The highest BCUT2D eigenvalue weighted by atomic mass is 16.5. The van der Waals surface area contributed by atoms with Gasteiger partial charge < -0.3 is 14.5 Å². The van der Waals surface area contributed by atoms with E-state index >= 15 is 0 Å². The second-order valence-corrected chi connectivity index (χ2v) is 6.40. The Hall–Kier alpha value is -2.32. The Morgan fingerprint density at radius 2 is 2.12 bits per heavy atom. The molecule has 0 aliphatic heterocycles. The summed E-state index contributed by atoms with van der Waals surface area (Å²) in [5.41, 5.74) is 1.65. The molecule has 1 aromatic heterocycles. The zero-order valence-electron chi connectivity index (χ0n) is 14.2. The molecule has 24 heavy (non-hydrogen) atoms. The van der Waals surface area contributed by atoms with Gasteiger partial charge in [-0.05, 0) is 38.2 Å². The quantitative estimate of drug-likeness (QED) is 0.742. The van der Waals surface area contributed by atoms with Crippen molar-refractivity contribution in [1.82, 2.24) is 4.98 Å². The average molecular weight is 325 g/mol. The molecule has 126 valence electrons. The summed E-state index contributed by atoms with van der Waals surface area (Å²) in [6.07, 6.45) is 2.12. The molecule has 1 aromatic carbocycles. The third-order valence-corrected chi connectivity index (χ3v) is 4.14. The predicted octanol–water partition coefficient (Wildman–Crippen LogP) is 4.04. The number of benzene rings is 1. The third-order valence-electron chi connectivity index (χ3n) is 4.14. The minimum atomic E-state index is 0.237. The van der Waals surface area contributed by atoms with Crippen LogP contribution in [0.4, 0.5) is 5.88 Å². The van der Waals surface area contributed by atoms with Crippen LogP contribution in [0.15, 0.2) is 34.7 Å². The SMILES string of the molecule is CC(C)OCCCNc1oc([C@@H]2C[C@@H]2c2ccccc2)nc1C#N. The van der Waals surface area contributed by atoms with E-state index < -0.39 is 0 Å². The van der Waals surface area contributed by atoms with Gasteiger partial charge in [-0.15, -0.1) is 0 Å². The highest BCUT2D eigenvalue weighted by Crippen LogP contribution is 2.54. The molecule has 5 nitrogen and oxygen atoms in total. The van der Waals surface area contributed by atoms with Crippen LogP contribution < -0.4 is 5.32 Å². The normalized spacial score (nSPS) is 19.2. The fourth-order valence-electron chi connectivity index (χ4n) is 2.82. The number of aromatic nitrogens is 1. The van der Waals surface area contributed by atoms with E-state index in [1.165, 1.54) is 5.56 Å². The van der Waals surface area contributed by atoms with Crippen LogP contribution in [0.5, 0.6) is 0 Å². The smallest absolute Gasteiger partial charge is 0.232 e. The molecule has 1 fully saturated rings. The van der Waals surface area contributed by atoms with E-state index in [4.69, 9.17) is 9.15 Å². The molecule has 0 amide bonds. The Labute approximate surface area is 142 Å². The molecule has 0 radical (unpaired) electrons. The summed E-state index contributed by atoms with van der Waals surface area (Å²) in [6.45, 7) is 5.42. The van der Waals surface area contributed by atoms with Crippen molar-refractivity contribution in [1.29, 1.82) is 5.26 Å². The Morgan fingerprint density at radius 1 is 1.33 bits per heavy atom. The summed E-state index contributed by atoms with van der Waals surface area (Å²) >= 11 is 0. The van der Waals surface area contributed by atoms with Gasteiger partial charge in [-0.3, -0.25) is 0 Å². The molecule has 2 aromatic rings. The summed E-state index contributed by atoms with van der Waals surface area (Å²) in [5.74, 6) is 1.88. The van der Waals surface area contributed by atoms with E-state index in [1.807, 2.05) is 32.0 Å². The first-order valence-corrected chi connectivity index (χ1v) is 8.50. The van der Waals surface area contributed by atoms with Gasteiger partial charge in [0.05, 0.1) is 6.10 Å². The largest absolute Gasteiger partial charge is 0.424 e. The molecule has 0 saturated heterocycles. The van der Waals surface area contributed by atoms with Crippen molar-refractivity contribution in [3.8, 4) is 6.07 Å². The van der Waals surface area contributed by atoms with Crippen LogP contribution in [0.1, 0.15) is 55.7 Å². The number of oxazole rings is 1. The minimum absolute atomic E-state index is 0.237. The van der Waals surface area contributed by atoms with E-state index in [2.05, 4.69) is 28.5 Å². The van der Waals surface area contributed by atoms with Gasteiger partial charge in [-0.2, -0.15) is 5.26 Å². The van der Waals surface area contributed by atoms with Crippen LogP contribution in [0.2, 0.25) is 0 Å². The highest BCUT2D eigenvalue weighted by Gasteiger charge is 2.43. The van der Waals surface area contributed by atoms with Crippen LogP contribution >= 0.6 is 0 Å². The fraction of sp³-hybridized carbons (Fsp3) is 0.474. The van der Waals surface area contributed by atoms with Gasteiger partial charge in [-0.1, -0.05) is 30.3 Å². The van der Waals surface area contributed by atoms with Crippen molar-refractivity contribution in [2.75, 3.05) is 18.5 Å². The summed E-state index contributed by atoms with van der Waals surface area (Å²) < 4.78 is 11.3. The molecule has 1 aliphatic carbocycles. The summed E-state index contributed by atoms with van der Waals surface area (Å²) in [4.78, 5) is 4.37. The van der Waals surface area contributed by atoms with Crippen LogP contribution in [0.3, 0.4) is 0 Å². The monoisotopic (exact) mass is 325 g/mol. The highest BCUT2D eigenvalue weighted by molar-refractivity contribution is 5.46. The van der Waals surface area contributed by atoms with Crippen molar-refractivity contribution in [2.45, 2.75) is 44.6 Å². The van der Waals surface area contributed by atoms with Crippen LogP contribution in [-0.4, -0.2) is 24.2 Å². The average Bonchev–Trinajstić information content (AvgIpc) is 3.29. The Bertz CT molecular complexity index is 703. The molecule has 2 atom stereocenters. The van der Waals surface area contributed by atoms with E-state index in [9.17, 15) is 5.26 Å². The maximum atomic E-state index is 9.26. The van der Waals surface area contributed by atoms with Crippen LogP contribution in [-0.2, 0) is 4.74 Å². The molecular weight excluding hydrogens is 302 g/mol. The second-order valence-electron chi connectivity index (χ2n) is 6.40. The molecule has 1 heterocycles. The lowest BCUT2D eigenvalue weighted by molar-refractivity contribution is 0.0786. The first-order valence-electron chi connectivity index (χ1n) is 8.50. The van der Waals surface area contributed by atoms with Crippen molar-refractivity contribution in [3.05, 3.63) is 47.5 Å².